The maximum absolute atomic E-state index is 15.6. The van der Waals surface area contributed by atoms with Crippen LogP contribution in [-0.4, -0.2) is 178 Å². The van der Waals surface area contributed by atoms with E-state index >= 15 is 17.6 Å². The smallest absolute Gasteiger partial charge is 0.260 e. The van der Waals surface area contributed by atoms with Crippen LogP contribution in [0.1, 0.15) is 320 Å². The second-order valence-electron chi connectivity index (χ2n) is 40.0. The molecule has 37 heteroatoms. The first-order valence-electron chi connectivity index (χ1n) is 49.6. The van der Waals surface area contributed by atoms with Crippen LogP contribution >= 0.6 is 46.4 Å². The van der Waals surface area contributed by atoms with Crippen molar-refractivity contribution in [3.05, 3.63) is 208 Å². The number of imidazole rings is 4. The number of aromatic nitrogens is 12. The molecule has 10 heterocycles. The minimum absolute atomic E-state index is 0.0782. The molecule has 29 nitrogen and oxygen atoms in total. The number of anilines is 4. The first kappa shape index (κ1) is 105. The van der Waals surface area contributed by atoms with Gasteiger partial charge in [-0.05, 0) is 203 Å². The number of piperidine rings is 1. The van der Waals surface area contributed by atoms with Crippen molar-refractivity contribution in [2.45, 2.75) is 281 Å². The predicted molar refractivity (Wildman–Crippen MR) is 547 cm³/mol. The number of fused-ring (bicyclic) bond motifs is 6. The Balaban J connectivity index is 0.000000143. The lowest BCUT2D eigenvalue weighted by Gasteiger charge is -2.35. The summed E-state index contributed by atoms with van der Waals surface area (Å²) in [5.41, 5.74) is 32.0. The predicted octanol–water partition coefficient (Wildman–Crippen LogP) is 21.2. The summed E-state index contributed by atoms with van der Waals surface area (Å²) in [4.78, 5) is 95.9. The summed E-state index contributed by atoms with van der Waals surface area (Å²) in [6, 6.07) is 6.62. The molecule has 4 aliphatic carbocycles. The third kappa shape index (κ3) is 21.8. The molecule has 18 rings (SSSR count). The van der Waals surface area contributed by atoms with Crippen LogP contribution in [0.2, 0.25) is 20.1 Å². The number of piperazine rings is 1. The van der Waals surface area contributed by atoms with Gasteiger partial charge in [-0.2, -0.15) is 0 Å². The van der Waals surface area contributed by atoms with E-state index in [0.717, 1.165) is 106 Å². The van der Waals surface area contributed by atoms with Crippen LogP contribution in [0.15, 0.2) is 73.8 Å². The van der Waals surface area contributed by atoms with Crippen molar-refractivity contribution in [2.24, 2.45) is 23.7 Å². The molecule has 142 heavy (non-hydrogen) atoms. The molecule has 8 unspecified atom stereocenters. The van der Waals surface area contributed by atoms with Gasteiger partial charge in [-0.15, -0.1) is 0 Å². The molecule has 0 radical (unpaired) electrons. The Kier molecular flexibility index (Phi) is 32.4. The summed E-state index contributed by atoms with van der Waals surface area (Å²) in [5, 5.41) is 5.53. The Morgan fingerprint density at radius 2 is 0.641 bits per heavy atom. The molecular weight excluding hydrogens is 1900 g/mol. The molecule has 2 bridgehead atoms. The second-order valence-corrected chi connectivity index (χ2v) is 41.7. The molecule has 2 saturated heterocycles. The van der Waals surface area contributed by atoms with Gasteiger partial charge in [0.15, 0.2) is 23.3 Å². The van der Waals surface area contributed by atoms with Crippen LogP contribution in [0.5, 0.6) is 23.0 Å². The van der Waals surface area contributed by atoms with E-state index in [-0.39, 0.29) is 131 Å². The Labute approximate surface area is 846 Å². The van der Waals surface area contributed by atoms with E-state index < -0.39 is 41.0 Å². The number of nitrogens with zero attached hydrogens (tertiary/aromatic N) is 15. The van der Waals surface area contributed by atoms with Gasteiger partial charge in [0, 0.05) is 153 Å². The zero-order valence-electron chi connectivity index (χ0n) is 84.0. The number of aryl methyl sites for hydroxylation is 4. The largest absolute Gasteiger partial charge is 0.490 e. The lowest BCUT2D eigenvalue weighted by Crippen LogP contribution is -2.49. The number of hydrogen-bond donors (Lipinski definition) is 6. The fraction of sp³-hybridized carbons (Fsp3) is 0.505. The average Bonchev–Trinajstić information content (AvgIpc) is 1.46. The zero-order chi connectivity index (χ0) is 102. The molecule has 8 aromatic heterocycles. The fourth-order valence-corrected chi connectivity index (χ4v) is 22.0. The van der Waals surface area contributed by atoms with Gasteiger partial charge in [0.2, 0.25) is 0 Å². The highest BCUT2D eigenvalue weighted by Crippen LogP contribution is 2.48. The zero-order valence-corrected chi connectivity index (χ0v) is 87.1. The number of halogens is 8. The van der Waals surface area contributed by atoms with Crippen LogP contribution in [0.25, 0.3) is 22.1 Å². The first-order chi connectivity index (χ1) is 67.5. The van der Waals surface area contributed by atoms with E-state index in [0.29, 0.717) is 147 Å². The van der Waals surface area contributed by atoms with Crippen molar-refractivity contribution in [3.63, 3.8) is 0 Å². The lowest BCUT2D eigenvalue weighted by molar-refractivity contribution is 0.0614. The highest BCUT2D eigenvalue weighted by molar-refractivity contribution is 6.32. The van der Waals surface area contributed by atoms with Crippen molar-refractivity contribution < 1.29 is 55.7 Å². The molecule has 2 aliphatic heterocycles. The van der Waals surface area contributed by atoms with Gasteiger partial charge in [0.1, 0.15) is 114 Å². The molecule has 4 saturated carbocycles. The average molecular weight is 2030 g/mol. The first-order valence-corrected chi connectivity index (χ1v) is 51.1. The number of nitrogens with two attached hydrogens (primary N) is 4. The number of rotatable bonds is 25. The Bertz CT molecular complexity index is 6710. The number of likely N-dealkylation sites (tertiary alicyclic amines) is 1. The number of hydrogen-bond acceptors (Lipinski definition) is 21. The van der Waals surface area contributed by atoms with Crippen molar-refractivity contribution >= 4 is 115 Å². The third-order valence-electron chi connectivity index (χ3n) is 28.4. The summed E-state index contributed by atoms with van der Waals surface area (Å²) in [7, 11) is 0. The number of nitrogens with one attached hydrogen (secondary N) is 2. The second kappa shape index (κ2) is 44.0. The van der Waals surface area contributed by atoms with Gasteiger partial charge in [-0.25, -0.2) is 57.4 Å². The molecule has 760 valence electrons. The SMILES string of the molecule is Cc1nc(C(C)c2cc(Cl)c(F)c(C(=O)N3CC4CCC(C4)C3)c2OC(C)C)n2ccnc(N)c12.Cc1nc(C(C)c2cc(Cl)c(F)c(C(=O)N3CCN(C4CC4)CC3)c2OC(C)C)n2ccnc(N)c12.Cc1nc(C(C)c2cc(Cl)c(F)c(C(=O)NC(C)C3CCCC3)c2OC(C)C)n2ccnc(N)c12.Cc1nc(C(C)c2cc(Cl)c(F)c(C(=O)NC(C)C3CCCCC3)c2OC(C)C)n2ccnc(N)c12. The highest BCUT2D eigenvalue weighted by Gasteiger charge is 2.43. The minimum Gasteiger partial charge on any atom is -0.490 e. The number of carbonyl (C=O) groups is 4. The lowest BCUT2D eigenvalue weighted by atomic mass is 9.84. The Hall–Kier alpha value is -11.5. The molecule has 6 aliphatic rings. The van der Waals surface area contributed by atoms with Crippen LogP contribution in [-0.2, 0) is 0 Å². The summed E-state index contributed by atoms with van der Waals surface area (Å²) in [6.07, 6.45) is 28.3. The summed E-state index contributed by atoms with van der Waals surface area (Å²) >= 11 is 25.5. The number of benzene rings is 4. The van der Waals surface area contributed by atoms with E-state index in [1.165, 1.54) is 31.4 Å². The van der Waals surface area contributed by atoms with Gasteiger partial charge in [-0.1, -0.05) is 106 Å². The number of carbonyl (C=O) groups excluding carboxylic acids is 4. The fourth-order valence-electron chi connectivity index (χ4n) is 21.2. The van der Waals surface area contributed by atoms with E-state index in [2.05, 4.69) is 35.5 Å². The molecular formula is C105H131Cl4F4N21O8. The quantitative estimate of drug-likeness (QED) is 0.0289. The molecule has 4 amide bonds. The number of nitrogen functional groups attached to an aromatic ring is 4. The van der Waals surface area contributed by atoms with E-state index in [1.54, 1.807) is 71.5 Å². The molecule has 12 aromatic rings. The van der Waals surface area contributed by atoms with Gasteiger partial charge in [0.05, 0.1) is 67.3 Å². The van der Waals surface area contributed by atoms with Crippen molar-refractivity contribution in [1.29, 1.82) is 0 Å². The molecule has 10 N–H and O–H groups in total. The van der Waals surface area contributed by atoms with Crippen LogP contribution in [0.3, 0.4) is 0 Å². The van der Waals surface area contributed by atoms with Crippen molar-refractivity contribution in [3.8, 4) is 23.0 Å². The highest BCUT2D eigenvalue weighted by atomic mass is 35.5. The molecule has 6 fully saturated rings. The summed E-state index contributed by atoms with van der Waals surface area (Å²) in [6.45, 7) is 37.9. The van der Waals surface area contributed by atoms with Gasteiger partial charge in [-0.3, -0.25) is 41.7 Å². The molecule has 8 atom stereocenters. The van der Waals surface area contributed by atoms with E-state index in [4.69, 9.17) is 108 Å². The van der Waals surface area contributed by atoms with Gasteiger partial charge >= 0.3 is 0 Å². The van der Waals surface area contributed by atoms with Crippen LogP contribution in [0, 0.1) is 74.6 Å². The van der Waals surface area contributed by atoms with Gasteiger partial charge in [0.25, 0.3) is 23.6 Å². The van der Waals surface area contributed by atoms with E-state index in [1.807, 2.05) is 142 Å². The topological polar surface area (TPSA) is 364 Å². The van der Waals surface area contributed by atoms with Crippen molar-refractivity contribution in [1.82, 2.24) is 82.8 Å². The van der Waals surface area contributed by atoms with E-state index in [9.17, 15) is 19.2 Å². The van der Waals surface area contributed by atoms with Crippen LogP contribution in [0.4, 0.5) is 40.8 Å². The van der Waals surface area contributed by atoms with Crippen molar-refractivity contribution in [2.75, 3.05) is 62.2 Å². The minimum atomic E-state index is -0.785. The maximum atomic E-state index is 15.6. The molecule has 4 aromatic carbocycles. The molecule has 0 spiro atoms. The maximum Gasteiger partial charge on any atom is 0.260 e. The van der Waals surface area contributed by atoms with Gasteiger partial charge < -0.3 is 62.3 Å². The standard InChI is InChI=1S/C27H35ClFN5O2.C26H32ClFN6O2.C26H31ClFN5O2.C26H33ClFN5O2/c1-14(2)36-24-19(15(3)26-32-17(5)23-25(30)31-11-12-34(23)26)13-20(28)22(29)21(24)27(35)33-16(4)18-9-7-6-8-10-18;1-14(2)36-23-18(15(3)25-31-16(4)22-24(29)30-7-8-34(22)25)13-19(27)21(28)20(23)26(35)33-11-9-32(10-12-33)17-5-6-17;1-13(2)35-23-18(14(3)25-31-15(4)22-24(29)30-7-8-33(22)25)10-19(27)21(28)20(23)26(34)32-11-16-5-6-17(9-16)12-32;1-13(2)35-23-18(14(3)25-31-16(5)22-24(29)30-10-11-33(22)25)12-19(27)21(28)20(23)26(34)32-15(4)17-8-6-7-9-17/h11-16,18H,6-10H2,1-5H3,(H2,30,31)(H,33,35);7-8,13-15,17H,5-6,9-12H2,1-4H3,(H2,29,30);7-8,10,13-14,16-17H,5-6,9,11-12H2,1-4H3,(H2,29,30);10-15,17H,6-9H2,1-5H3,(H2,29,30)(H,32,34). The monoisotopic (exact) mass is 2030 g/mol. The Morgan fingerprint density at radius 1 is 0.373 bits per heavy atom. The Morgan fingerprint density at radius 3 is 0.923 bits per heavy atom. The number of amides is 4. The summed E-state index contributed by atoms with van der Waals surface area (Å²) < 4.78 is 94.1. The van der Waals surface area contributed by atoms with Crippen LogP contribution < -0.4 is 52.5 Å². The third-order valence-corrected chi connectivity index (χ3v) is 29.5. The number of ether oxygens (including phenoxy) is 4. The summed E-state index contributed by atoms with van der Waals surface area (Å²) in [5.74, 6) is 0.308. The normalized spacial score (nSPS) is 17.7.